The highest BCUT2D eigenvalue weighted by molar-refractivity contribution is 5.37. The number of alkyl halides is 3. The zero-order valence-electron chi connectivity index (χ0n) is 7.00. The number of rotatable bonds is 1. The second kappa shape index (κ2) is 3.72. The lowest BCUT2D eigenvalue weighted by Crippen LogP contribution is -2.20. The minimum Gasteiger partial charge on any atom is -0.503 e. The summed E-state index contributed by atoms with van der Waals surface area (Å²) in [6.07, 6.45) is -5.53. The van der Waals surface area contributed by atoms with E-state index in [0.29, 0.717) is 0 Å². The molecule has 0 amide bonds. The van der Waals surface area contributed by atoms with E-state index in [2.05, 4.69) is 4.74 Å². The van der Waals surface area contributed by atoms with Crippen molar-refractivity contribution in [3.05, 3.63) is 23.3 Å². The lowest BCUT2D eigenvalue weighted by atomic mass is 10.2. The fourth-order valence-corrected chi connectivity index (χ4v) is 0.805. The van der Waals surface area contributed by atoms with Crippen molar-refractivity contribution in [2.24, 2.45) is 0 Å². The number of ether oxygens (including phenoxy) is 1. The van der Waals surface area contributed by atoms with Gasteiger partial charge in [-0.3, -0.25) is 0 Å². The Morgan fingerprint density at radius 2 is 1.19 bits per heavy atom. The van der Waals surface area contributed by atoms with Crippen LogP contribution < -0.4 is 4.74 Å². The molecule has 0 fully saturated rings. The van der Waals surface area contributed by atoms with Crippen molar-refractivity contribution in [3.63, 3.8) is 0 Å². The normalized spacial score (nSPS) is 11.7. The van der Waals surface area contributed by atoms with Crippen molar-refractivity contribution in [1.29, 1.82) is 0 Å². The number of benzene rings is 1. The average Bonchev–Trinajstić information content (AvgIpc) is 2.17. The van der Waals surface area contributed by atoms with Gasteiger partial charge in [-0.2, -0.15) is 17.6 Å². The molecule has 1 aromatic carbocycles. The summed E-state index contributed by atoms with van der Waals surface area (Å²) < 4.78 is 87.9. The number of aromatic hydroxyl groups is 1. The first-order valence-corrected chi connectivity index (χ1v) is 3.45. The highest BCUT2D eigenvalue weighted by Gasteiger charge is 2.37. The number of halogens is 7. The molecule has 9 heteroatoms. The molecule has 0 aliphatic carbocycles. The van der Waals surface area contributed by atoms with Crippen molar-refractivity contribution < 1.29 is 40.6 Å². The van der Waals surface area contributed by atoms with Crippen LogP contribution >= 0.6 is 0 Å². The van der Waals surface area contributed by atoms with Gasteiger partial charge in [-0.15, -0.1) is 13.2 Å². The van der Waals surface area contributed by atoms with E-state index in [9.17, 15) is 30.7 Å². The molecule has 0 heterocycles. The maximum atomic E-state index is 12.7. The van der Waals surface area contributed by atoms with Crippen LogP contribution in [0.25, 0.3) is 0 Å². The monoisotopic (exact) mass is 250 g/mol. The largest absolute Gasteiger partial charge is 0.573 e. The first kappa shape index (κ1) is 12.4. The van der Waals surface area contributed by atoms with E-state index in [1.165, 1.54) is 0 Å². The molecular weight excluding hydrogens is 249 g/mol. The molecule has 0 aliphatic heterocycles. The quantitative estimate of drug-likeness (QED) is 0.613. The molecule has 2 nitrogen and oxygen atoms in total. The van der Waals surface area contributed by atoms with Crippen molar-refractivity contribution in [2.45, 2.75) is 6.36 Å². The van der Waals surface area contributed by atoms with Crippen LogP contribution in [-0.4, -0.2) is 11.5 Å². The Labute approximate surface area is 82.9 Å². The van der Waals surface area contributed by atoms with Gasteiger partial charge in [0.2, 0.25) is 29.0 Å². The molecule has 1 rings (SSSR count). The molecule has 0 radical (unpaired) electrons. The summed E-state index contributed by atoms with van der Waals surface area (Å²) >= 11 is 0. The van der Waals surface area contributed by atoms with Crippen LogP contribution in [0.1, 0.15) is 0 Å². The third-order valence-corrected chi connectivity index (χ3v) is 1.42. The highest BCUT2D eigenvalue weighted by atomic mass is 19.4. The number of phenolic OH excluding ortho intramolecular Hbond substituents is 1. The molecule has 0 aliphatic rings. The predicted molar refractivity (Wildman–Crippen MR) is 34.6 cm³/mol. The summed E-state index contributed by atoms with van der Waals surface area (Å²) in [5.41, 5.74) is 0. The minimum absolute atomic E-state index is 2.07. The Kier molecular flexibility index (Phi) is 2.89. The van der Waals surface area contributed by atoms with E-state index in [-0.39, 0.29) is 0 Å². The summed E-state index contributed by atoms with van der Waals surface area (Å²) in [7, 11) is 0. The van der Waals surface area contributed by atoms with Crippen LogP contribution in [0.2, 0.25) is 0 Å². The van der Waals surface area contributed by atoms with Gasteiger partial charge in [0.1, 0.15) is 0 Å². The van der Waals surface area contributed by atoms with E-state index >= 15 is 0 Å². The molecule has 1 N–H and O–H groups in total. The van der Waals surface area contributed by atoms with Gasteiger partial charge >= 0.3 is 6.36 Å². The first-order valence-electron chi connectivity index (χ1n) is 3.45. The number of hydrogen-bond donors (Lipinski definition) is 1. The maximum Gasteiger partial charge on any atom is 0.573 e. The molecule has 0 bridgehead atoms. The standard InChI is InChI=1S/C7HF7O2/c8-1-3(10)6(16-7(12,13)14)4(11)2(9)5(1)15/h15H. The third kappa shape index (κ3) is 2.12. The van der Waals surface area contributed by atoms with Crippen molar-refractivity contribution >= 4 is 0 Å². The van der Waals surface area contributed by atoms with Crippen LogP contribution in [0.3, 0.4) is 0 Å². The van der Waals surface area contributed by atoms with Crippen LogP contribution in [0.5, 0.6) is 11.5 Å². The van der Waals surface area contributed by atoms with Crippen LogP contribution in [0.4, 0.5) is 30.7 Å². The molecule has 0 spiro atoms. The molecule has 0 saturated carbocycles. The maximum absolute atomic E-state index is 12.7. The van der Waals surface area contributed by atoms with E-state index < -0.39 is 41.1 Å². The molecule has 0 saturated heterocycles. The minimum atomic E-state index is -5.53. The number of phenols is 1. The summed E-state index contributed by atoms with van der Waals surface area (Å²) in [6, 6.07) is 0. The summed E-state index contributed by atoms with van der Waals surface area (Å²) in [6.45, 7) is 0. The Morgan fingerprint density at radius 1 is 0.812 bits per heavy atom. The average molecular weight is 250 g/mol. The van der Waals surface area contributed by atoms with E-state index in [4.69, 9.17) is 5.11 Å². The van der Waals surface area contributed by atoms with Gasteiger partial charge in [-0.05, 0) is 0 Å². The smallest absolute Gasteiger partial charge is 0.503 e. The van der Waals surface area contributed by atoms with Crippen LogP contribution in [-0.2, 0) is 0 Å². The SMILES string of the molecule is Oc1c(F)c(F)c(OC(F)(F)F)c(F)c1F. The van der Waals surface area contributed by atoms with Crippen LogP contribution in [0.15, 0.2) is 0 Å². The molecule has 90 valence electrons. The second-order valence-electron chi connectivity index (χ2n) is 2.48. The van der Waals surface area contributed by atoms with Gasteiger partial charge in [-0.1, -0.05) is 0 Å². The Balaban J connectivity index is 3.40. The highest BCUT2D eigenvalue weighted by Crippen LogP contribution is 2.36. The zero-order valence-corrected chi connectivity index (χ0v) is 7.00. The lowest BCUT2D eigenvalue weighted by molar-refractivity contribution is -0.276. The van der Waals surface area contributed by atoms with Gasteiger partial charge in [-0.25, -0.2) is 0 Å². The molecule has 16 heavy (non-hydrogen) atoms. The van der Waals surface area contributed by atoms with Gasteiger partial charge in [0.15, 0.2) is 5.75 Å². The first-order chi connectivity index (χ1) is 7.15. The Hall–Kier alpha value is -1.67. The lowest BCUT2D eigenvalue weighted by Gasteiger charge is -2.11. The van der Waals surface area contributed by atoms with E-state index in [1.54, 1.807) is 0 Å². The summed E-state index contributed by atoms with van der Waals surface area (Å²) in [5.74, 6) is -14.1. The second-order valence-corrected chi connectivity index (χ2v) is 2.48. The van der Waals surface area contributed by atoms with Gasteiger partial charge in [0.25, 0.3) is 0 Å². The molecule has 0 unspecified atom stereocenters. The van der Waals surface area contributed by atoms with Gasteiger partial charge in [0.05, 0.1) is 0 Å². The topological polar surface area (TPSA) is 29.5 Å². The summed E-state index contributed by atoms with van der Waals surface area (Å²) in [4.78, 5) is 0. The van der Waals surface area contributed by atoms with Gasteiger partial charge < -0.3 is 9.84 Å². The molecular formula is C7HF7O2. The van der Waals surface area contributed by atoms with E-state index in [1.807, 2.05) is 0 Å². The molecule has 0 atom stereocenters. The van der Waals surface area contributed by atoms with Crippen molar-refractivity contribution in [2.75, 3.05) is 0 Å². The van der Waals surface area contributed by atoms with Crippen molar-refractivity contribution in [3.8, 4) is 11.5 Å². The zero-order chi connectivity index (χ0) is 12.7. The summed E-state index contributed by atoms with van der Waals surface area (Å²) in [5, 5.41) is 8.42. The predicted octanol–water partition coefficient (Wildman–Crippen LogP) is 2.85. The van der Waals surface area contributed by atoms with Crippen molar-refractivity contribution in [1.82, 2.24) is 0 Å². The van der Waals surface area contributed by atoms with E-state index in [0.717, 1.165) is 0 Å². The molecule has 1 aromatic rings. The fourth-order valence-electron chi connectivity index (χ4n) is 0.805. The Morgan fingerprint density at radius 3 is 1.50 bits per heavy atom. The molecule has 0 aromatic heterocycles. The third-order valence-electron chi connectivity index (χ3n) is 1.42. The Bertz CT molecular complexity index is 397. The number of hydrogen-bond acceptors (Lipinski definition) is 2. The van der Waals surface area contributed by atoms with Gasteiger partial charge in [0, 0.05) is 0 Å². The van der Waals surface area contributed by atoms with Crippen LogP contribution in [0, 0.1) is 23.3 Å². The fraction of sp³-hybridized carbons (Fsp3) is 0.143.